The Bertz CT molecular complexity index is 714. The molecule has 0 bridgehead atoms. The number of hydrogen-bond acceptors (Lipinski definition) is 2. The molecule has 3 nitrogen and oxygen atoms in total. The third-order valence-electron chi connectivity index (χ3n) is 3.74. The Balaban J connectivity index is 2.31. The van der Waals surface area contributed by atoms with Crippen molar-refractivity contribution in [1.82, 2.24) is 0 Å². The molecule has 0 unspecified atom stereocenters. The average Bonchev–Trinajstić information content (AvgIpc) is 2.59. The van der Waals surface area contributed by atoms with Crippen LogP contribution in [0.1, 0.15) is 33.3 Å². The van der Waals surface area contributed by atoms with E-state index in [0.717, 1.165) is 17.0 Å². The number of hydrogen-bond donors (Lipinski definition) is 0. The number of carbonyl (C=O) groups is 1. The molecular formula is C22H27NO2. The first kappa shape index (κ1) is 18.8. The van der Waals surface area contributed by atoms with Crippen LogP contribution in [0.25, 0.3) is 6.08 Å². The zero-order chi connectivity index (χ0) is 18.3. The molecule has 0 saturated heterocycles. The van der Waals surface area contributed by atoms with Gasteiger partial charge in [-0.15, -0.1) is 0 Å². The Morgan fingerprint density at radius 3 is 2.32 bits per heavy atom. The molecule has 2 aromatic rings. The van der Waals surface area contributed by atoms with E-state index in [9.17, 15) is 4.79 Å². The van der Waals surface area contributed by atoms with Crippen LogP contribution in [-0.4, -0.2) is 19.1 Å². The van der Waals surface area contributed by atoms with E-state index in [1.807, 2.05) is 94.4 Å². The zero-order valence-electron chi connectivity index (χ0n) is 15.5. The van der Waals surface area contributed by atoms with Crippen LogP contribution in [-0.2, 0) is 4.79 Å². The Morgan fingerprint density at radius 2 is 1.68 bits per heavy atom. The molecular weight excluding hydrogens is 310 g/mol. The summed E-state index contributed by atoms with van der Waals surface area (Å²) in [6, 6.07) is 17.8. The fraction of sp³-hybridized carbons (Fsp3) is 0.318. The highest BCUT2D eigenvalue weighted by Crippen LogP contribution is 2.31. The zero-order valence-corrected chi connectivity index (χ0v) is 15.5. The summed E-state index contributed by atoms with van der Waals surface area (Å²) in [6.45, 7) is 8.82. The van der Waals surface area contributed by atoms with Crippen LogP contribution in [0.3, 0.4) is 0 Å². The average molecular weight is 337 g/mol. The number of ether oxygens (including phenoxy) is 1. The molecule has 2 rings (SSSR count). The molecule has 0 N–H and O–H groups in total. The van der Waals surface area contributed by atoms with Crippen LogP contribution in [0.5, 0.6) is 5.75 Å². The molecule has 0 aliphatic rings. The largest absolute Gasteiger partial charge is 0.492 e. The highest BCUT2D eigenvalue weighted by molar-refractivity contribution is 5.98. The predicted molar refractivity (Wildman–Crippen MR) is 105 cm³/mol. The molecule has 0 fully saturated rings. The number of amides is 1. The van der Waals surface area contributed by atoms with Gasteiger partial charge in [-0.3, -0.25) is 4.79 Å². The molecule has 132 valence electrons. The number of rotatable bonds is 6. The van der Waals surface area contributed by atoms with Crippen LogP contribution in [0.15, 0.2) is 60.7 Å². The van der Waals surface area contributed by atoms with Gasteiger partial charge in [-0.1, -0.05) is 75.4 Å². The number of para-hydroxylation sites is 2. The van der Waals surface area contributed by atoms with Crippen molar-refractivity contribution >= 4 is 17.7 Å². The molecule has 0 aromatic heterocycles. The minimum Gasteiger partial charge on any atom is -0.492 e. The lowest BCUT2D eigenvalue weighted by molar-refractivity contribution is -0.125. The van der Waals surface area contributed by atoms with E-state index >= 15 is 0 Å². The van der Waals surface area contributed by atoms with Crippen molar-refractivity contribution in [1.29, 1.82) is 0 Å². The summed E-state index contributed by atoms with van der Waals surface area (Å²) >= 11 is 0. The van der Waals surface area contributed by atoms with E-state index < -0.39 is 5.41 Å². The van der Waals surface area contributed by atoms with Crippen molar-refractivity contribution in [2.75, 3.05) is 18.1 Å². The van der Waals surface area contributed by atoms with Crippen LogP contribution in [0, 0.1) is 5.41 Å². The van der Waals surface area contributed by atoms with Gasteiger partial charge in [-0.25, -0.2) is 0 Å². The van der Waals surface area contributed by atoms with E-state index in [-0.39, 0.29) is 5.91 Å². The Kier molecular flexibility index (Phi) is 6.40. The van der Waals surface area contributed by atoms with Crippen molar-refractivity contribution in [3.8, 4) is 5.75 Å². The predicted octanol–water partition coefficient (Wildman–Crippen LogP) is 5.18. The van der Waals surface area contributed by atoms with E-state index in [4.69, 9.17) is 4.74 Å². The molecule has 0 spiro atoms. The quantitative estimate of drug-likeness (QED) is 0.727. The molecule has 0 heterocycles. The second-order valence-corrected chi connectivity index (χ2v) is 6.88. The van der Waals surface area contributed by atoms with Gasteiger partial charge in [0.1, 0.15) is 5.75 Å². The summed E-state index contributed by atoms with van der Waals surface area (Å²) in [5, 5.41) is 0. The molecule has 0 saturated carbocycles. The lowest BCUT2D eigenvalue weighted by Crippen LogP contribution is -2.40. The van der Waals surface area contributed by atoms with Gasteiger partial charge in [0.15, 0.2) is 0 Å². The summed E-state index contributed by atoms with van der Waals surface area (Å²) in [6.07, 6.45) is 4.05. The first-order valence-electron chi connectivity index (χ1n) is 8.69. The number of benzene rings is 2. The Hall–Kier alpha value is -2.55. The van der Waals surface area contributed by atoms with Crippen molar-refractivity contribution in [2.45, 2.75) is 27.7 Å². The first-order valence-corrected chi connectivity index (χ1v) is 8.69. The fourth-order valence-electron chi connectivity index (χ4n) is 2.51. The van der Waals surface area contributed by atoms with Gasteiger partial charge in [-0.2, -0.15) is 0 Å². The lowest BCUT2D eigenvalue weighted by atomic mass is 9.94. The van der Waals surface area contributed by atoms with E-state index in [1.54, 1.807) is 4.90 Å². The number of carbonyl (C=O) groups excluding carboxylic acids is 1. The highest BCUT2D eigenvalue weighted by atomic mass is 16.5. The lowest BCUT2D eigenvalue weighted by Gasteiger charge is -2.30. The van der Waals surface area contributed by atoms with Crippen LogP contribution >= 0.6 is 0 Å². The second-order valence-electron chi connectivity index (χ2n) is 6.88. The number of nitrogens with zero attached hydrogens (tertiary/aromatic N) is 1. The first-order chi connectivity index (χ1) is 11.9. The standard InChI is InChI=1S/C22H27NO2/c1-5-25-20-16-10-9-15-19(20)23(21(24)22(2,3)4)17-11-14-18-12-7-6-8-13-18/h6-16H,5,17H2,1-4H3/b14-11+. The minimum atomic E-state index is -0.472. The molecule has 0 aliphatic carbocycles. The summed E-state index contributed by atoms with van der Waals surface area (Å²) < 4.78 is 5.73. The van der Waals surface area contributed by atoms with Gasteiger partial charge >= 0.3 is 0 Å². The number of anilines is 1. The molecule has 0 radical (unpaired) electrons. The molecule has 0 aliphatic heterocycles. The SMILES string of the molecule is CCOc1ccccc1N(C/C=C/c1ccccc1)C(=O)C(C)(C)C. The summed E-state index contributed by atoms with van der Waals surface area (Å²) in [5.41, 5.74) is 1.45. The maximum absolute atomic E-state index is 13.0. The van der Waals surface area contributed by atoms with Crippen molar-refractivity contribution in [2.24, 2.45) is 5.41 Å². The van der Waals surface area contributed by atoms with Gasteiger partial charge in [0.05, 0.1) is 12.3 Å². The topological polar surface area (TPSA) is 29.5 Å². The van der Waals surface area contributed by atoms with Crippen molar-refractivity contribution in [3.05, 3.63) is 66.2 Å². The Labute approximate surface area is 150 Å². The summed E-state index contributed by atoms with van der Waals surface area (Å²) in [4.78, 5) is 14.8. The molecule has 2 aromatic carbocycles. The van der Waals surface area contributed by atoms with Crippen molar-refractivity contribution < 1.29 is 9.53 Å². The van der Waals surface area contributed by atoms with Crippen LogP contribution < -0.4 is 9.64 Å². The maximum atomic E-state index is 13.0. The summed E-state index contributed by atoms with van der Waals surface area (Å²) in [7, 11) is 0. The third kappa shape index (κ3) is 5.21. The molecule has 3 heteroatoms. The maximum Gasteiger partial charge on any atom is 0.232 e. The fourth-order valence-corrected chi connectivity index (χ4v) is 2.51. The monoisotopic (exact) mass is 337 g/mol. The van der Waals surface area contributed by atoms with Crippen LogP contribution in [0.2, 0.25) is 0 Å². The van der Waals surface area contributed by atoms with Gasteiger partial charge < -0.3 is 9.64 Å². The molecule has 0 atom stereocenters. The van der Waals surface area contributed by atoms with E-state index in [2.05, 4.69) is 0 Å². The minimum absolute atomic E-state index is 0.0670. The van der Waals surface area contributed by atoms with E-state index in [0.29, 0.717) is 13.2 Å². The summed E-state index contributed by atoms with van der Waals surface area (Å²) in [5.74, 6) is 0.799. The van der Waals surface area contributed by atoms with Gasteiger partial charge in [-0.05, 0) is 24.6 Å². The van der Waals surface area contributed by atoms with Gasteiger partial charge in [0, 0.05) is 12.0 Å². The normalized spacial score (nSPS) is 11.5. The van der Waals surface area contributed by atoms with Crippen molar-refractivity contribution in [3.63, 3.8) is 0 Å². The van der Waals surface area contributed by atoms with Gasteiger partial charge in [0.2, 0.25) is 5.91 Å². The smallest absolute Gasteiger partial charge is 0.232 e. The molecule has 25 heavy (non-hydrogen) atoms. The molecule has 1 amide bonds. The highest BCUT2D eigenvalue weighted by Gasteiger charge is 2.29. The second kappa shape index (κ2) is 8.52. The Morgan fingerprint density at radius 1 is 1.04 bits per heavy atom. The third-order valence-corrected chi connectivity index (χ3v) is 3.74. The van der Waals surface area contributed by atoms with Crippen LogP contribution in [0.4, 0.5) is 5.69 Å². The van der Waals surface area contributed by atoms with E-state index in [1.165, 1.54) is 0 Å². The van der Waals surface area contributed by atoms with Gasteiger partial charge in [0.25, 0.3) is 0 Å².